The molecule has 7 heteroatoms. The highest BCUT2D eigenvalue weighted by molar-refractivity contribution is 9.10. The summed E-state index contributed by atoms with van der Waals surface area (Å²) in [7, 11) is 0. The molecule has 0 radical (unpaired) electrons. The largest absolute Gasteiger partial charge is 0.371 e. The minimum atomic E-state index is -0.363. The van der Waals surface area contributed by atoms with E-state index in [0.717, 1.165) is 23.2 Å². The summed E-state index contributed by atoms with van der Waals surface area (Å²) in [6.07, 6.45) is 3.91. The number of carbonyl (C=O) groups excluding carboxylic acids is 1. The van der Waals surface area contributed by atoms with Gasteiger partial charge in [-0.05, 0) is 43.2 Å². The zero-order chi connectivity index (χ0) is 16.8. The quantitative estimate of drug-likeness (QED) is 0.815. The number of nitrogens with two attached hydrogens (primary N) is 1. The van der Waals surface area contributed by atoms with E-state index >= 15 is 0 Å². The zero-order valence-corrected chi connectivity index (χ0v) is 14.7. The summed E-state index contributed by atoms with van der Waals surface area (Å²) >= 11 is 8.71. The number of rotatable bonds is 2. The summed E-state index contributed by atoms with van der Waals surface area (Å²) in [6, 6.07) is 8.90. The number of halogens is 2. The number of nitrogens with zero attached hydrogens (tertiary/aromatic N) is 1. The first-order chi connectivity index (χ1) is 11.0. The summed E-state index contributed by atoms with van der Waals surface area (Å²) in [6.45, 7) is 2.03. The molecule has 0 spiro atoms. The molecule has 1 aromatic carbocycles. The Kier molecular flexibility index (Phi) is 6.24. The van der Waals surface area contributed by atoms with Crippen LogP contribution in [-0.4, -0.2) is 24.0 Å². The summed E-state index contributed by atoms with van der Waals surface area (Å²) in [5.41, 5.74) is 6.69. The SMILES string of the molecule is NC(=O)c1cc(Br)ccc1N1CCCC1.O=c1[nH]cccc1Cl. The first-order valence-electron chi connectivity index (χ1n) is 7.16. The molecule has 3 rings (SSSR count). The van der Waals surface area contributed by atoms with E-state index in [1.807, 2.05) is 12.1 Å². The minimum Gasteiger partial charge on any atom is -0.371 e. The Morgan fingerprint density at radius 3 is 2.48 bits per heavy atom. The van der Waals surface area contributed by atoms with Crippen molar-refractivity contribution in [2.24, 2.45) is 5.73 Å². The Labute approximate surface area is 147 Å². The topological polar surface area (TPSA) is 79.2 Å². The van der Waals surface area contributed by atoms with E-state index in [0.29, 0.717) is 5.56 Å². The summed E-state index contributed by atoms with van der Waals surface area (Å²) in [5.74, 6) is -0.363. The molecule has 3 N–H and O–H groups in total. The molecule has 2 aromatic rings. The van der Waals surface area contributed by atoms with Gasteiger partial charge in [0.15, 0.2) is 0 Å². The number of aromatic amines is 1. The number of carbonyl (C=O) groups is 1. The molecule has 1 amide bonds. The Bertz CT molecular complexity index is 742. The second-order valence-corrected chi connectivity index (χ2v) is 6.39. The van der Waals surface area contributed by atoms with Crippen molar-refractivity contribution in [3.63, 3.8) is 0 Å². The first kappa shape index (κ1) is 17.6. The molecule has 0 aliphatic carbocycles. The predicted octanol–water partition coefficient (Wildman–Crippen LogP) is 3.18. The van der Waals surface area contributed by atoms with Crippen molar-refractivity contribution in [1.82, 2.24) is 4.98 Å². The maximum absolute atomic E-state index is 11.3. The van der Waals surface area contributed by atoms with Gasteiger partial charge in [-0.2, -0.15) is 0 Å². The molecule has 0 saturated carbocycles. The highest BCUT2D eigenvalue weighted by Gasteiger charge is 2.18. The van der Waals surface area contributed by atoms with Crippen LogP contribution >= 0.6 is 27.5 Å². The Morgan fingerprint density at radius 1 is 1.26 bits per heavy atom. The summed E-state index contributed by atoms with van der Waals surface area (Å²) in [4.78, 5) is 26.4. The highest BCUT2D eigenvalue weighted by atomic mass is 79.9. The monoisotopic (exact) mass is 397 g/mol. The first-order valence-corrected chi connectivity index (χ1v) is 8.33. The highest BCUT2D eigenvalue weighted by Crippen LogP contribution is 2.27. The Morgan fingerprint density at radius 2 is 1.96 bits per heavy atom. The second kappa shape index (κ2) is 8.17. The lowest BCUT2D eigenvalue weighted by atomic mass is 10.1. The summed E-state index contributed by atoms with van der Waals surface area (Å²) < 4.78 is 0.888. The number of amides is 1. The molecule has 0 unspecified atom stereocenters. The van der Waals surface area contributed by atoms with Gasteiger partial charge in [-0.1, -0.05) is 27.5 Å². The third-order valence-electron chi connectivity index (χ3n) is 3.44. The van der Waals surface area contributed by atoms with E-state index in [2.05, 4.69) is 25.8 Å². The van der Waals surface area contributed by atoms with E-state index in [1.54, 1.807) is 18.2 Å². The van der Waals surface area contributed by atoms with Crippen molar-refractivity contribution in [3.05, 3.63) is 61.9 Å². The lowest BCUT2D eigenvalue weighted by Crippen LogP contribution is -2.23. The van der Waals surface area contributed by atoms with Gasteiger partial charge in [-0.25, -0.2) is 0 Å². The fraction of sp³-hybridized carbons (Fsp3) is 0.250. The number of primary amides is 1. The molecule has 122 valence electrons. The normalized spacial score (nSPS) is 13.4. The van der Waals surface area contributed by atoms with E-state index in [9.17, 15) is 9.59 Å². The average Bonchev–Trinajstić information content (AvgIpc) is 3.05. The zero-order valence-electron chi connectivity index (χ0n) is 12.4. The van der Waals surface area contributed by atoms with Crippen molar-refractivity contribution in [1.29, 1.82) is 0 Å². The van der Waals surface area contributed by atoms with Crippen LogP contribution in [0.4, 0.5) is 5.69 Å². The molecule has 23 heavy (non-hydrogen) atoms. The van der Waals surface area contributed by atoms with Gasteiger partial charge >= 0.3 is 0 Å². The fourth-order valence-electron chi connectivity index (χ4n) is 2.34. The van der Waals surface area contributed by atoms with Gasteiger partial charge in [0.1, 0.15) is 5.02 Å². The van der Waals surface area contributed by atoms with E-state index < -0.39 is 0 Å². The number of aromatic nitrogens is 1. The lowest BCUT2D eigenvalue weighted by Gasteiger charge is -2.20. The lowest BCUT2D eigenvalue weighted by molar-refractivity contribution is 0.100. The minimum absolute atomic E-state index is 0.229. The number of hydrogen-bond acceptors (Lipinski definition) is 3. The molecular weight excluding hydrogens is 382 g/mol. The number of benzene rings is 1. The molecular formula is C16H17BrClN3O2. The van der Waals surface area contributed by atoms with Crippen LogP contribution in [0.15, 0.2) is 45.8 Å². The number of nitrogens with one attached hydrogen (secondary N) is 1. The predicted molar refractivity (Wildman–Crippen MR) is 96.2 cm³/mol. The van der Waals surface area contributed by atoms with Gasteiger partial charge in [-0.15, -0.1) is 0 Å². The van der Waals surface area contributed by atoms with Crippen LogP contribution in [-0.2, 0) is 0 Å². The Hall–Kier alpha value is -1.79. The van der Waals surface area contributed by atoms with E-state index in [-0.39, 0.29) is 16.5 Å². The van der Waals surface area contributed by atoms with Gasteiger partial charge in [-0.3, -0.25) is 9.59 Å². The maximum Gasteiger partial charge on any atom is 0.266 e. The number of pyridine rings is 1. The third kappa shape index (κ3) is 4.84. The standard InChI is InChI=1S/C11H13BrN2O.C5H4ClNO/c12-8-3-4-10(9(7-8)11(13)15)14-5-1-2-6-14;6-4-2-1-3-7-5(4)8/h3-4,7H,1-2,5-6H2,(H2,13,15);1-3H,(H,7,8). The van der Waals surface area contributed by atoms with E-state index in [1.165, 1.54) is 19.0 Å². The third-order valence-corrected chi connectivity index (χ3v) is 4.23. The number of anilines is 1. The van der Waals surface area contributed by atoms with Crippen molar-refractivity contribution in [3.8, 4) is 0 Å². The second-order valence-electron chi connectivity index (χ2n) is 5.07. The molecule has 1 aliphatic heterocycles. The van der Waals surface area contributed by atoms with Crippen LogP contribution in [0, 0.1) is 0 Å². The molecule has 2 heterocycles. The van der Waals surface area contributed by atoms with Crippen LogP contribution in [0.2, 0.25) is 5.02 Å². The molecule has 1 fully saturated rings. The van der Waals surface area contributed by atoms with Gasteiger partial charge < -0.3 is 15.6 Å². The summed E-state index contributed by atoms with van der Waals surface area (Å²) in [5, 5.41) is 0.229. The van der Waals surface area contributed by atoms with Crippen molar-refractivity contribution < 1.29 is 4.79 Å². The molecule has 0 atom stereocenters. The van der Waals surface area contributed by atoms with Gasteiger partial charge in [0.2, 0.25) is 0 Å². The van der Waals surface area contributed by atoms with E-state index in [4.69, 9.17) is 17.3 Å². The Balaban J connectivity index is 0.000000203. The number of H-pyrrole nitrogens is 1. The number of hydrogen-bond donors (Lipinski definition) is 2. The van der Waals surface area contributed by atoms with Crippen LogP contribution in [0.3, 0.4) is 0 Å². The molecule has 0 bridgehead atoms. The van der Waals surface area contributed by atoms with Crippen LogP contribution in [0.25, 0.3) is 0 Å². The van der Waals surface area contributed by atoms with Gasteiger partial charge in [0, 0.05) is 29.4 Å². The van der Waals surface area contributed by atoms with Gasteiger partial charge in [0.05, 0.1) is 5.56 Å². The van der Waals surface area contributed by atoms with Crippen LogP contribution in [0.1, 0.15) is 23.2 Å². The maximum atomic E-state index is 11.3. The smallest absolute Gasteiger partial charge is 0.266 e. The van der Waals surface area contributed by atoms with Crippen molar-refractivity contribution in [2.45, 2.75) is 12.8 Å². The van der Waals surface area contributed by atoms with Crippen molar-refractivity contribution in [2.75, 3.05) is 18.0 Å². The molecule has 1 saturated heterocycles. The van der Waals surface area contributed by atoms with Crippen LogP contribution < -0.4 is 16.2 Å². The van der Waals surface area contributed by atoms with Crippen LogP contribution in [0.5, 0.6) is 0 Å². The van der Waals surface area contributed by atoms with Crippen molar-refractivity contribution >= 4 is 39.1 Å². The average molecular weight is 399 g/mol. The van der Waals surface area contributed by atoms with Gasteiger partial charge in [0.25, 0.3) is 11.5 Å². The molecule has 5 nitrogen and oxygen atoms in total. The fourth-order valence-corrected chi connectivity index (χ4v) is 2.83. The molecule has 1 aromatic heterocycles. The molecule has 1 aliphatic rings.